The van der Waals surface area contributed by atoms with Crippen LogP contribution in [0.1, 0.15) is 6.92 Å². The van der Waals surface area contributed by atoms with E-state index in [9.17, 15) is 4.79 Å². The maximum atomic E-state index is 12.7. The molecule has 3 aromatic rings. The molecule has 2 heterocycles. The van der Waals surface area contributed by atoms with Gasteiger partial charge in [0.25, 0.3) is 0 Å². The Kier molecular flexibility index (Phi) is 3.54. The van der Waals surface area contributed by atoms with Crippen LogP contribution in [0.2, 0.25) is 0 Å². The minimum absolute atomic E-state index is 0.0379. The lowest BCUT2D eigenvalue weighted by Gasteiger charge is -2.34. The van der Waals surface area contributed by atoms with Crippen LogP contribution in [-0.2, 0) is 0 Å². The lowest BCUT2D eigenvalue weighted by atomic mass is 10.1. The maximum absolute atomic E-state index is 12.7. The Morgan fingerprint density at radius 1 is 1.04 bits per heavy atom. The normalized spacial score (nSPS) is 16.3. The Balaban J connectivity index is 1.79. The lowest BCUT2D eigenvalue weighted by Crippen LogP contribution is -2.46. The zero-order chi connectivity index (χ0) is 15.8. The van der Waals surface area contributed by atoms with E-state index in [-0.39, 0.29) is 5.43 Å². The average Bonchev–Trinajstić information content (AvgIpc) is 2.61. The Hall–Kier alpha value is -2.33. The van der Waals surface area contributed by atoms with E-state index in [1.807, 2.05) is 36.4 Å². The minimum Gasteiger partial charge on any atom is -0.440 e. The van der Waals surface area contributed by atoms with Crippen molar-refractivity contribution >= 4 is 27.6 Å². The number of hydrogen-bond acceptors (Lipinski definition) is 4. The van der Waals surface area contributed by atoms with Crippen LogP contribution < -0.4 is 10.3 Å². The lowest BCUT2D eigenvalue weighted by molar-refractivity contribution is 0.267. The average molecular weight is 308 g/mol. The summed E-state index contributed by atoms with van der Waals surface area (Å²) in [6.45, 7) is 7.07. The number of anilines is 1. The van der Waals surface area contributed by atoms with Crippen molar-refractivity contribution in [1.82, 2.24) is 4.90 Å². The molecule has 4 nitrogen and oxygen atoms in total. The van der Waals surface area contributed by atoms with E-state index in [4.69, 9.17) is 4.42 Å². The SMILES string of the molecule is CCN1CCN(c2cc(=O)c3c(ccc4ccccc43)o2)CC1. The molecule has 0 amide bonds. The minimum atomic E-state index is 0.0379. The second-order valence-electron chi connectivity index (χ2n) is 6.03. The van der Waals surface area contributed by atoms with Gasteiger partial charge in [-0.15, -0.1) is 0 Å². The molecule has 1 saturated heterocycles. The summed E-state index contributed by atoms with van der Waals surface area (Å²) in [6, 6.07) is 13.5. The Morgan fingerprint density at radius 2 is 1.83 bits per heavy atom. The van der Waals surface area contributed by atoms with Crippen LogP contribution in [0.4, 0.5) is 5.88 Å². The zero-order valence-corrected chi connectivity index (χ0v) is 13.3. The van der Waals surface area contributed by atoms with Gasteiger partial charge in [0.1, 0.15) is 5.58 Å². The first kappa shape index (κ1) is 14.3. The number of benzene rings is 2. The first-order valence-electron chi connectivity index (χ1n) is 8.19. The highest BCUT2D eigenvalue weighted by molar-refractivity contribution is 6.05. The zero-order valence-electron chi connectivity index (χ0n) is 13.3. The molecule has 1 aromatic heterocycles. The molecule has 1 fully saturated rings. The smallest absolute Gasteiger partial charge is 0.200 e. The van der Waals surface area contributed by atoms with Gasteiger partial charge < -0.3 is 14.2 Å². The predicted octanol–water partition coefficient (Wildman–Crippen LogP) is 3.09. The summed E-state index contributed by atoms with van der Waals surface area (Å²) in [6.07, 6.45) is 0. The quantitative estimate of drug-likeness (QED) is 0.682. The molecule has 0 unspecified atom stereocenters. The molecule has 0 atom stereocenters. The molecule has 4 rings (SSSR count). The fourth-order valence-corrected chi connectivity index (χ4v) is 3.36. The monoisotopic (exact) mass is 308 g/mol. The molecule has 0 aliphatic carbocycles. The molecular formula is C19H20N2O2. The summed E-state index contributed by atoms with van der Waals surface area (Å²) < 4.78 is 6.07. The van der Waals surface area contributed by atoms with Crippen LogP contribution in [0.25, 0.3) is 21.7 Å². The van der Waals surface area contributed by atoms with Crippen molar-refractivity contribution in [1.29, 1.82) is 0 Å². The van der Waals surface area contributed by atoms with E-state index < -0.39 is 0 Å². The fourth-order valence-electron chi connectivity index (χ4n) is 3.36. The van der Waals surface area contributed by atoms with Crippen molar-refractivity contribution in [3.05, 3.63) is 52.7 Å². The highest BCUT2D eigenvalue weighted by Crippen LogP contribution is 2.26. The molecule has 1 aliphatic heterocycles. The molecule has 2 aromatic carbocycles. The molecule has 0 saturated carbocycles. The Bertz CT molecular complexity index is 908. The molecule has 4 heteroatoms. The fraction of sp³-hybridized carbons (Fsp3) is 0.316. The van der Waals surface area contributed by atoms with Gasteiger partial charge in [-0.1, -0.05) is 37.3 Å². The van der Waals surface area contributed by atoms with Crippen molar-refractivity contribution in [2.45, 2.75) is 6.92 Å². The second-order valence-corrected chi connectivity index (χ2v) is 6.03. The number of hydrogen-bond donors (Lipinski definition) is 0. The molecular weight excluding hydrogens is 288 g/mol. The van der Waals surface area contributed by atoms with Crippen molar-refractivity contribution in [3.63, 3.8) is 0 Å². The topological polar surface area (TPSA) is 36.7 Å². The first-order valence-corrected chi connectivity index (χ1v) is 8.19. The van der Waals surface area contributed by atoms with Gasteiger partial charge in [0.05, 0.1) is 5.39 Å². The highest BCUT2D eigenvalue weighted by Gasteiger charge is 2.19. The van der Waals surface area contributed by atoms with Crippen molar-refractivity contribution < 1.29 is 4.42 Å². The Labute approximate surface area is 134 Å². The van der Waals surface area contributed by atoms with Crippen LogP contribution in [0, 0.1) is 0 Å². The van der Waals surface area contributed by atoms with Crippen LogP contribution in [0.3, 0.4) is 0 Å². The predicted molar refractivity (Wildman–Crippen MR) is 94.3 cm³/mol. The number of nitrogens with zero attached hydrogens (tertiary/aromatic N) is 2. The van der Waals surface area contributed by atoms with E-state index in [1.165, 1.54) is 0 Å². The van der Waals surface area contributed by atoms with Crippen LogP contribution in [0.15, 0.2) is 51.7 Å². The van der Waals surface area contributed by atoms with Gasteiger partial charge in [-0.05, 0) is 23.4 Å². The third kappa shape index (κ3) is 2.49. The van der Waals surface area contributed by atoms with Crippen molar-refractivity contribution in [2.24, 2.45) is 0 Å². The molecule has 118 valence electrons. The van der Waals surface area contributed by atoms with Gasteiger partial charge in [0, 0.05) is 32.2 Å². The van der Waals surface area contributed by atoms with Gasteiger partial charge in [0.2, 0.25) is 0 Å². The van der Waals surface area contributed by atoms with Gasteiger partial charge in [-0.3, -0.25) is 4.79 Å². The number of likely N-dealkylation sites (N-methyl/N-ethyl adjacent to an activating group) is 1. The molecule has 23 heavy (non-hydrogen) atoms. The molecule has 0 N–H and O–H groups in total. The molecule has 0 bridgehead atoms. The van der Waals surface area contributed by atoms with E-state index in [0.29, 0.717) is 16.9 Å². The highest BCUT2D eigenvalue weighted by atomic mass is 16.4. The summed E-state index contributed by atoms with van der Waals surface area (Å²) in [7, 11) is 0. The summed E-state index contributed by atoms with van der Waals surface area (Å²) >= 11 is 0. The standard InChI is InChI=1S/C19H20N2O2/c1-2-20-9-11-21(12-10-20)18-13-16(22)19-15-6-4-3-5-14(15)7-8-17(19)23-18/h3-8,13H,2,9-12H2,1H3. The van der Waals surface area contributed by atoms with Gasteiger partial charge in [-0.25, -0.2) is 0 Å². The molecule has 0 radical (unpaired) electrons. The molecule has 1 aliphatic rings. The van der Waals surface area contributed by atoms with Gasteiger partial charge in [0.15, 0.2) is 11.3 Å². The summed E-state index contributed by atoms with van der Waals surface area (Å²) in [4.78, 5) is 17.3. The summed E-state index contributed by atoms with van der Waals surface area (Å²) in [5.41, 5.74) is 0.708. The van der Waals surface area contributed by atoms with Crippen molar-refractivity contribution in [2.75, 3.05) is 37.6 Å². The van der Waals surface area contributed by atoms with E-state index in [2.05, 4.69) is 16.7 Å². The Morgan fingerprint density at radius 3 is 2.61 bits per heavy atom. The van der Waals surface area contributed by atoms with Gasteiger partial charge >= 0.3 is 0 Å². The summed E-state index contributed by atoms with van der Waals surface area (Å²) in [5.74, 6) is 0.688. The maximum Gasteiger partial charge on any atom is 0.200 e. The first-order chi connectivity index (χ1) is 11.3. The summed E-state index contributed by atoms with van der Waals surface area (Å²) in [5, 5.41) is 2.71. The third-order valence-corrected chi connectivity index (χ3v) is 4.74. The number of rotatable bonds is 2. The van der Waals surface area contributed by atoms with Crippen LogP contribution in [-0.4, -0.2) is 37.6 Å². The largest absolute Gasteiger partial charge is 0.440 e. The van der Waals surface area contributed by atoms with E-state index in [0.717, 1.165) is 43.5 Å². The second kappa shape index (κ2) is 5.70. The van der Waals surface area contributed by atoms with Crippen LogP contribution >= 0.6 is 0 Å². The van der Waals surface area contributed by atoms with Gasteiger partial charge in [-0.2, -0.15) is 0 Å². The number of piperazine rings is 1. The third-order valence-electron chi connectivity index (χ3n) is 4.74. The molecule has 0 spiro atoms. The number of fused-ring (bicyclic) bond motifs is 3. The van der Waals surface area contributed by atoms with Crippen molar-refractivity contribution in [3.8, 4) is 0 Å². The van der Waals surface area contributed by atoms with E-state index in [1.54, 1.807) is 6.07 Å². The van der Waals surface area contributed by atoms with Crippen LogP contribution in [0.5, 0.6) is 0 Å². The van der Waals surface area contributed by atoms with E-state index >= 15 is 0 Å².